The first kappa shape index (κ1) is 15.8. The molecule has 0 radical (unpaired) electrons. The van der Waals surface area contributed by atoms with Crippen LogP contribution in [0.1, 0.15) is 0 Å². The average molecular weight is 264 g/mol. The van der Waals surface area contributed by atoms with E-state index in [0.717, 1.165) is 0 Å². The molecule has 2 nitrogen and oxygen atoms in total. The van der Waals surface area contributed by atoms with Gasteiger partial charge in [-0.2, -0.15) is 0 Å². The van der Waals surface area contributed by atoms with E-state index in [2.05, 4.69) is 4.98 Å². The Balaban J connectivity index is 0.000000267. The maximum Gasteiger partial charge on any atom is 1.00 e. The zero-order valence-electron chi connectivity index (χ0n) is 8.73. The van der Waals surface area contributed by atoms with Crippen molar-refractivity contribution in [1.82, 2.24) is 4.98 Å². The molecule has 0 atom stereocenters. The summed E-state index contributed by atoms with van der Waals surface area (Å²) in [7, 11) is 0. The van der Waals surface area contributed by atoms with Crippen molar-refractivity contribution >= 4 is 23.2 Å². The van der Waals surface area contributed by atoms with E-state index >= 15 is 0 Å². The normalized spacial score (nSPS) is 8.38. The fraction of sp³-hybridized carbons (Fsp3) is 0. The minimum Gasteiger partial charge on any atom is -0.872 e. The summed E-state index contributed by atoms with van der Waals surface area (Å²) in [6.45, 7) is 0. The first-order valence-corrected chi connectivity index (χ1v) is 4.94. The molecule has 1 heterocycles. The molecule has 0 aliphatic carbocycles. The predicted octanol–water partition coefficient (Wildman–Crippen LogP) is 0.153. The molecule has 1 aromatic carbocycles. The van der Waals surface area contributed by atoms with Crippen molar-refractivity contribution in [2.75, 3.05) is 0 Å². The molecule has 0 saturated heterocycles. The molecule has 16 heavy (non-hydrogen) atoms. The van der Waals surface area contributed by atoms with Gasteiger partial charge in [0.2, 0.25) is 0 Å². The van der Waals surface area contributed by atoms with E-state index in [0.29, 0.717) is 10.2 Å². The van der Waals surface area contributed by atoms with Crippen molar-refractivity contribution in [2.24, 2.45) is 0 Å². The number of hydrogen-bond acceptors (Lipinski definition) is 2. The van der Waals surface area contributed by atoms with Gasteiger partial charge in [-0.1, -0.05) is 53.5 Å². The van der Waals surface area contributed by atoms with Crippen molar-refractivity contribution in [3.05, 3.63) is 58.8 Å². The molecule has 1 aromatic heterocycles. The first-order valence-electron chi connectivity index (χ1n) is 4.18. The van der Waals surface area contributed by atoms with Gasteiger partial charge in [0, 0.05) is 6.20 Å². The number of rotatable bonds is 0. The van der Waals surface area contributed by atoms with Crippen LogP contribution in [0.25, 0.3) is 0 Å². The van der Waals surface area contributed by atoms with Crippen LogP contribution in [0.3, 0.4) is 0 Å². The molecule has 0 spiro atoms. The van der Waals surface area contributed by atoms with Crippen molar-refractivity contribution < 1.29 is 34.7 Å². The molecule has 0 amide bonds. The maximum absolute atomic E-state index is 10.3. The van der Waals surface area contributed by atoms with E-state index in [1.54, 1.807) is 30.5 Å². The van der Waals surface area contributed by atoms with E-state index in [4.69, 9.17) is 23.2 Å². The molecule has 0 aliphatic rings. The van der Waals surface area contributed by atoms with Crippen molar-refractivity contribution in [1.29, 1.82) is 0 Å². The quantitative estimate of drug-likeness (QED) is 0.501. The summed E-state index contributed by atoms with van der Waals surface area (Å²) in [5.74, 6) is 0.0718. The standard InChI is InChI=1S/C6H6O.C5H3Cl2N.Na/c7-6-4-2-1-3-5-6;6-4-2-1-3-8-5(4)7;/h1-5,7H;1-3H;/q;;+1/p-1. The Morgan fingerprint density at radius 3 is 1.88 bits per heavy atom. The summed E-state index contributed by atoms with van der Waals surface area (Å²) >= 11 is 11.0. The number of para-hydroxylation sites is 1. The Bertz CT molecular complexity index is 391. The largest absolute Gasteiger partial charge is 1.00 e. The summed E-state index contributed by atoms with van der Waals surface area (Å²) in [5, 5.41) is 11.1. The Morgan fingerprint density at radius 2 is 1.56 bits per heavy atom. The maximum atomic E-state index is 10.3. The molecule has 0 unspecified atom stereocenters. The van der Waals surface area contributed by atoms with Gasteiger partial charge in [0.1, 0.15) is 5.15 Å². The molecule has 2 rings (SSSR count). The Labute approximate surface area is 127 Å². The van der Waals surface area contributed by atoms with Gasteiger partial charge >= 0.3 is 29.6 Å². The van der Waals surface area contributed by atoms with Gasteiger partial charge in [-0.25, -0.2) is 4.98 Å². The third-order valence-electron chi connectivity index (χ3n) is 1.46. The summed E-state index contributed by atoms with van der Waals surface area (Å²) in [4.78, 5) is 3.71. The van der Waals surface area contributed by atoms with Gasteiger partial charge in [-0.3, -0.25) is 0 Å². The van der Waals surface area contributed by atoms with Crippen molar-refractivity contribution in [3.63, 3.8) is 0 Å². The molecule has 5 heteroatoms. The van der Waals surface area contributed by atoms with E-state index < -0.39 is 0 Å². The van der Waals surface area contributed by atoms with Crippen molar-refractivity contribution in [2.45, 2.75) is 0 Å². The molecule has 78 valence electrons. The van der Waals surface area contributed by atoms with E-state index in [9.17, 15) is 5.11 Å². The van der Waals surface area contributed by atoms with Crippen LogP contribution in [0, 0.1) is 0 Å². The number of nitrogens with zero attached hydrogens (tertiary/aromatic N) is 1. The number of aromatic nitrogens is 1. The fourth-order valence-electron chi connectivity index (χ4n) is 0.787. The molecular formula is C11H8Cl2NNaO. The monoisotopic (exact) mass is 263 g/mol. The van der Waals surface area contributed by atoms with E-state index in [1.165, 1.54) is 12.1 Å². The second-order valence-corrected chi connectivity index (χ2v) is 3.35. The van der Waals surface area contributed by atoms with Gasteiger partial charge in [-0.05, 0) is 12.1 Å². The average Bonchev–Trinajstić information content (AvgIpc) is 2.25. The van der Waals surface area contributed by atoms with Crippen LogP contribution in [-0.4, -0.2) is 4.98 Å². The Hall–Kier alpha value is -0.250. The Kier molecular flexibility index (Phi) is 8.71. The van der Waals surface area contributed by atoms with E-state index in [-0.39, 0.29) is 35.3 Å². The Morgan fingerprint density at radius 1 is 0.938 bits per heavy atom. The number of pyridine rings is 1. The number of benzene rings is 1. The van der Waals surface area contributed by atoms with Crippen LogP contribution in [0.5, 0.6) is 5.75 Å². The predicted molar refractivity (Wildman–Crippen MR) is 60.1 cm³/mol. The fourth-order valence-corrected chi connectivity index (χ4v) is 1.03. The van der Waals surface area contributed by atoms with Gasteiger partial charge in [0.15, 0.2) is 0 Å². The van der Waals surface area contributed by atoms with Crippen LogP contribution < -0.4 is 34.7 Å². The molecule has 0 N–H and O–H groups in total. The minimum atomic E-state index is 0. The SMILES string of the molecule is Clc1cccnc1Cl.[Na+].[O-]c1ccccc1. The van der Waals surface area contributed by atoms with Crippen LogP contribution in [-0.2, 0) is 0 Å². The van der Waals surface area contributed by atoms with Gasteiger partial charge < -0.3 is 5.11 Å². The van der Waals surface area contributed by atoms with Crippen LogP contribution in [0.4, 0.5) is 0 Å². The zero-order chi connectivity index (χ0) is 11.1. The topological polar surface area (TPSA) is 36.0 Å². The van der Waals surface area contributed by atoms with Gasteiger partial charge in [0.25, 0.3) is 0 Å². The summed E-state index contributed by atoms with van der Waals surface area (Å²) < 4.78 is 0. The molecular weight excluding hydrogens is 256 g/mol. The first-order chi connectivity index (χ1) is 7.20. The summed E-state index contributed by atoms with van der Waals surface area (Å²) in [5.41, 5.74) is 0. The van der Waals surface area contributed by atoms with Crippen LogP contribution in [0.15, 0.2) is 48.7 Å². The zero-order valence-corrected chi connectivity index (χ0v) is 12.2. The molecule has 0 fully saturated rings. The summed E-state index contributed by atoms with van der Waals surface area (Å²) in [6.07, 6.45) is 1.59. The third kappa shape index (κ3) is 6.36. The smallest absolute Gasteiger partial charge is 0.872 e. The molecule has 2 aromatic rings. The van der Waals surface area contributed by atoms with Crippen LogP contribution in [0.2, 0.25) is 10.2 Å². The number of hydrogen-bond donors (Lipinski definition) is 0. The van der Waals surface area contributed by atoms with Gasteiger partial charge in [-0.15, -0.1) is 5.75 Å². The molecule has 0 saturated carbocycles. The summed E-state index contributed by atoms with van der Waals surface area (Å²) in [6, 6.07) is 11.7. The second kappa shape index (κ2) is 8.85. The third-order valence-corrected chi connectivity index (χ3v) is 2.16. The second-order valence-electron chi connectivity index (χ2n) is 2.59. The van der Waals surface area contributed by atoms with Gasteiger partial charge in [0.05, 0.1) is 5.02 Å². The van der Waals surface area contributed by atoms with E-state index in [1.807, 2.05) is 6.07 Å². The molecule has 0 bridgehead atoms. The molecule has 0 aliphatic heterocycles. The minimum absolute atomic E-state index is 0. The van der Waals surface area contributed by atoms with Crippen molar-refractivity contribution in [3.8, 4) is 5.75 Å². The number of halogens is 2. The van der Waals surface area contributed by atoms with Crippen LogP contribution >= 0.6 is 23.2 Å².